The van der Waals surface area contributed by atoms with Gasteiger partial charge in [-0.05, 0) is 18.4 Å². The number of rotatable bonds is 8. The average molecular weight is 407 g/mol. The summed E-state index contributed by atoms with van der Waals surface area (Å²) in [6.45, 7) is 2.09. The van der Waals surface area contributed by atoms with E-state index in [1.54, 1.807) is 19.6 Å². The Balaban J connectivity index is 1.64. The quantitative estimate of drug-likeness (QED) is 0.446. The summed E-state index contributed by atoms with van der Waals surface area (Å²) in [4.78, 5) is 33.9. The summed E-state index contributed by atoms with van der Waals surface area (Å²) in [7, 11) is 3.14. The molecular formula is C21H25N7O2. The molecule has 0 spiro atoms. The number of anilines is 1. The first-order valence-corrected chi connectivity index (χ1v) is 9.96. The number of hydrogen-bond donors (Lipinski definition) is 1. The van der Waals surface area contributed by atoms with E-state index < -0.39 is 0 Å². The average Bonchev–Trinajstić information content (AvgIpc) is 3.41. The van der Waals surface area contributed by atoms with Crippen molar-refractivity contribution in [2.75, 3.05) is 11.9 Å². The Labute approximate surface area is 173 Å². The second-order valence-corrected chi connectivity index (χ2v) is 7.28. The van der Waals surface area contributed by atoms with Crippen molar-refractivity contribution >= 4 is 17.1 Å². The van der Waals surface area contributed by atoms with Gasteiger partial charge >= 0.3 is 5.69 Å². The van der Waals surface area contributed by atoms with E-state index in [0.717, 1.165) is 24.0 Å². The highest BCUT2D eigenvalue weighted by Crippen LogP contribution is 2.17. The molecule has 0 aliphatic heterocycles. The van der Waals surface area contributed by atoms with E-state index in [2.05, 4.69) is 27.4 Å². The molecule has 9 nitrogen and oxygen atoms in total. The molecule has 0 aliphatic carbocycles. The minimum Gasteiger partial charge on any atom is -0.356 e. The molecule has 3 heterocycles. The standard InChI is InChI=1S/C21H25N7O2/c1-25-18-17(19(29)26(2)21(25)30)28(13-9-16-7-4-3-5-8-16)20(24-18)23-10-6-12-27-14-11-22-15-27/h3-5,7-8,11,14-15H,6,9-10,12-13H2,1-2H3,(H,23,24). The Hall–Kier alpha value is -3.62. The van der Waals surface area contributed by atoms with E-state index in [0.29, 0.717) is 30.2 Å². The molecule has 156 valence electrons. The highest BCUT2D eigenvalue weighted by Gasteiger charge is 2.18. The molecule has 0 saturated heterocycles. The normalized spacial score (nSPS) is 11.3. The summed E-state index contributed by atoms with van der Waals surface area (Å²) in [5.74, 6) is 0.602. The van der Waals surface area contributed by atoms with Crippen LogP contribution in [-0.4, -0.2) is 34.8 Å². The molecule has 1 N–H and O–H groups in total. The Morgan fingerprint density at radius 1 is 1.03 bits per heavy atom. The Morgan fingerprint density at radius 2 is 1.83 bits per heavy atom. The zero-order valence-corrected chi connectivity index (χ0v) is 17.2. The molecule has 0 bridgehead atoms. The highest BCUT2D eigenvalue weighted by atomic mass is 16.2. The van der Waals surface area contributed by atoms with Gasteiger partial charge in [-0.2, -0.15) is 4.98 Å². The van der Waals surface area contributed by atoms with Crippen LogP contribution < -0.4 is 16.6 Å². The number of imidazole rings is 2. The second kappa shape index (κ2) is 8.40. The van der Waals surface area contributed by atoms with Crippen LogP contribution in [0.5, 0.6) is 0 Å². The molecule has 1 aromatic carbocycles. The number of nitrogens with one attached hydrogen (secondary N) is 1. The van der Waals surface area contributed by atoms with Gasteiger partial charge in [-0.1, -0.05) is 30.3 Å². The topological polar surface area (TPSA) is 91.7 Å². The maximum Gasteiger partial charge on any atom is 0.332 e. The zero-order chi connectivity index (χ0) is 21.1. The molecule has 4 rings (SSSR count). The monoisotopic (exact) mass is 407 g/mol. The van der Waals surface area contributed by atoms with Crippen LogP contribution >= 0.6 is 0 Å². The van der Waals surface area contributed by atoms with Crippen molar-refractivity contribution in [3.05, 3.63) is 75.5 Å². The first kappa shape index (κ1) is 19.7. The Bertz CT molecular complexity index is 1250. The van der Waals surface area contributed by atoms with Crippen LogP contribution in [0, 0.1) is 0 Å². The fourth-order valence-corrected chi connectivity index (χ4v) is 3.57. The van der Waals surface area contributed by atoms with Crippen LogP contribution in [0.3, 0.4) is 0 Å². The van der Waals surface area contributed by atoms with Crippen LogP contribution in [0.2, 0.25) is 0 Å². The number of hydrogen-bond acceptors (Lipinski definition) is 5. The lowest BCUT2D eigenvalue weighted by Gasteiger charge is -2.11. The predicted molar refractivity (Wildman–Crippen MR) is 116 cm³/mol. The van der Waals surface area contributed by atoms with Gasteiger partial charge in [-0.25, -0.2) is 9.78 Å². The Morgan fingerprint density at radius 3 is 2.57 bits per heavy atom. The molecule has 0 radical (unpaired) electrons. The highest BCUT2D eigenvalue weighted by molar-refractivity contribution is 5.74. The minimum absolute atomic E-state index is 0.333. The molecule has 0 atom stereocenters. The van der Waals surface area contributed by atoms with Crippen LogP contribution in [0.4, 0.5) is 5.95 Å². The van der Waals surface area contributed by atoms with Gasteiger partial charge in [-0.3, -0.25) is 13.9 Å². The van der Waals surface area contributed by atoms with Crippen molar-refractivity contribution in [3.63, 3.8) is 0 Å². The van der Waals surface area contributed by atoms with Gasteiger partial charge in [0, 0.05) is 46.1 Å². The first-order valence-electron chi connectivity index (χ1n) is 9.96. The molecule has 0 amide bonds. The third-order valence-corrected chi connectivity index (χ3v) is 5.25. The minimum atomic E-state index is -0.383. The van der Waals surface area contributed by atoms with E-state index in [1.165, 1.54) is 17.2 Å². The Kier molecular flexibility index (Phi) is 5.51. The number of nitrogens with zero attached hydrogens (tertiary/aromatic N) is 6. The maximum absolute atomic E-state index is 12.9. The summed E-state index contributed by atoms with van der Waals surface area (Å²) in [5.41, 5.74) is 1.29. The molecule has 0 fully saturated rings. The van der Waals surface area contributed by atoms with E-state index in [-0.39, 0.29) is 11.2 Å². The predicted octanol–water partition coefficient (Wildman–Crippen LogP) is 1.38. The van der Waals surface area contributed by atoms with Crippen molar-refractivity contribution in [2.45, 2.75) is 25.9 Å². The fourth-order valence-electron chi connectivity index (χ4n) is 3.57. The number of aryl methyl sites for hydroxylation is 4. The SMILES string of the molecule is Cn1c(=O)c2c(nc(NCCCn3ccnc3)n2CCc2ccccc2)n(C)c1=O. The molecular weight excluding hydrogens is 382 g/mol. The number of benzene rings is 1. The van der Waals surface area contributed by atoms with Gasteiger partial charge in [0.05, 0.1) is 6.33 Å². The molecule has 0 unspecified atom stereocenters. The van der Waals surface area contributed by atoms with Gasteiger partial charge in [0.25, 0.3) is 5.56 Å². The van der Waals surface area contributed by atoms with Gasteiger partial charge < -0.3 is 14.5 Å². The van der Waals surface area contributed by atoms with E-state index >= 15 is 0 Å². The third-order valence-electron chi connectivity index (χ3n) is 5.25. The summed E-state index contributed by atoms with van der Waals surface area (Å²) in [6, 6.07) is 10.1. The van der Waals surface area contributed by atoms with Crippen LogP contribution in [0.15, 0.2) is 58.6 Å². The van der Waals surface area contributed by atoms with E-state index in [9.17, 15) is 9.59 Å². The summed E-state index contributed by atoms with van der Waals surface area (Å²) in [6.07, 6.45) is 7.09. The van der Waals surface area contributed by atoms with Gasteiger partial charge in [0.1, 0.15) is 0 Å². The van der Waals surface area contributed by atoms with Crippen LogP contribution in [0.1, 0.15) is 12.0 Å². The van der Waals surface area contributed by atoms with Crippen LogP contribution in [-0.2, 0) is 33.6 Å². The van der Waals surface area contributed by atoms with Gasteiger partial charge in [0.15, 0.2) is 11.2 Å². The van der Waals surface area contributed by atoms with Crippen molar-refractivity contribution < 1.29 is 0 Å². The molecule has 9 heteroatoms. The second-order valence-electron chi connectivity index (χ2n) is 7.28. The summed E-state index contributed by atoms with van der Waals surface area (Å²) in [5, 5.41) is 3.35. The number of aromatic nitrogens is 6. The van der Waals surface area contributed by atoms with E-state index in [1.807, 2.05) is 33.5 Å². The summed E-state index contributed by atoms with van der Waals surface area (Å²) >= 11 is 0. The van der Waals surface area contributed by atoms with Crippen molar-refractivity contribution in [1.82, 2.24) is 28.2 Å². The maximum atomic E-state index is 12.9. The zero-order valence-electron chi connectivity index (χ0n) is 17.2. The molecule has 30 heavy (non-hydrogen) atoms. The number of fused-ring (bicyclic) bond motifs is 1. The van der Waals surface area contributed by atoms with Crippen LogP contribution in [0.25, 0.3) is 11.2 Å². The lowest BCUT2D eigenvalue weighted by Crippen LogP contribution is -2.37. The fraction of sp³-hybridized carbons (Fsp3) is 0.333. The third kappa shape index (κ3) is 3.78. The van der Waals surface area contributed by atoms with Gasteiger partial charge in [0.2, 0.25) is 5.95 Å². The summed E-state index contributed by atoms with van der Waals surface area (Å²) < 4.78 is 6.46. The molecule has 0 aliphatic rings. The smallest absolute Gasteiger partial charge is 0.332 e. The lowest BCUT2D eigenvalue weighted by atomic mass is 10.1. The largest absolute Gasteiger partial charge is 0.356 e. The van der Waals surface area contributed by atoms with E-state index in [4.69, 9.17) is 0 Å². The van der Waals surface area contributed by atoms with Crippen molar-refractivity contribution in [1.29, 1.82) is 0 Å². The first-order chi connectivity index (χ1) is 14.6. The molecule has 3 aromatic heterocycles. The van der Waals surface area contributed by atoms with Crippen molar-refractivity contribution in [3.8, 4) is 0 Å². The lowest BCUT2D eigenvalue weighted by molar-refractivity contribution is 0.652. The van der Waals surface area contributed by atoms with Crippen molar-refractivity contribution in [2.24, 2.45) is 14.1 Å². The van der Waals surface area contributed by atoms with Gasteiger partial charge in [-0.15, -0.1) is 0 Å². The molecule has 4 aromatic rings. The molecule has 0 saturated carbocycles.